The van der Waals surface area contributed by atoms with Crippen molar-refractivity contribution in [2.75, 3.05) is 29.1 Å². The molecule has 1 saturated heterocycles. The number of aromatic nitrogens is 3. The largest absolute Gasteiger partial charge is 0.348 e. The van der Waals surface area contributed by atoms with Gasteiger partial charge in [0.1, 0.15) is 4.70 Å². The van der Waals surface area contributed by atoms with Crippen molar-refractivity contribution < 1.29 is 9.59 Å². The Balaban J connectivity index is 1.52. The van der Waals surface area contributed by atoms with E-state index >= 15 is 0 Å². The molecule has 0 atom stereocenters. The van der Waals surface area contributed by atoms with Crippen molar-refractivity contribution in [1.29, 1.82) is 0 Å². The van der Waals surface area contributed by atoms with Crippen molar-refractivity contribution in [3.05, 3.63) is 40.2 Å². The lowest BCUT2D eigenvalue weighted by Gasteiger charge is -2.29. The first kappa shape index (κ1) is 24.4. The van der Waals surface area contributed by atoms with Crippen molar-refractivity contribution in [3.63, 3.8) is 0 Å². The molecule has 10 heteroatoms. The number of nitrogens with zero attached hydrogens (tertiary/aromatic N) is 4. The number of benzene rings is 1. The normalized spacial score (nSPS) is 14.7. The van der Waals surface area contributed by atoms with Gasteiger partial charge in [0.15, 0.2) is 21.7 Å². The maximum atomic E-state index is 13.3. The standard InChI is InChI=1S/C24H29N5O3S2/c1-14(2)29-22(32)20-21(26-23(34-20)28-11-9-15(3)10-12-28)27-24(29)33-13-19(31)25-18-7-5-17(6-8-18)16(4)30/h5-8,14-15H,9-13H2,1-4H3,(H,25,31). The fourth-order valence-corrected chi connectivity index (χ4v) is 5.78. The number of piperidine rings is 1. The predicted octanol–water partition coefficient (Wildman–Crippen LogP) is 4.60. The van der Waals surface area contributed by atoms with E-state index < -0.39 is 0 Å². The molecule has 0 saturated carbocycles. The Hall–Kier alpha value is -2.72. The van der Waals surface area contributed by atoms with E-state index in [9.17, 15) is 14.4 Å². The number of ketones is 1. The lowest BCUT2D eigenvalue weighted by atomic mass is 10.00. The van der Waals surface area contributed by atoms with Gasteiger partial charge in [-0.3, -0.25) is 19.0 Å². The molecule has 1 aliphatic rings. The Labute approximate surface area is 206 Å². The molecule has 180 valence electrons. The third kappa shape index (κ3) is 5.33. The maximum absolute atomic E-state index is 13.3. The van der Waals surface area contributed by atoms with Crippen LogP contribution in [0, 0.1) is 5.92 Å². The van der Waals surface area contributed by atoms with Crippen molar-refractivity contribution in [3.8, 4) is 0 Å². The first-order valence-electron chi connectivity index (χ1n) is 11.4. The van der Waals surface area contributed by atoms with Crippen molar-refractivity contribution in [2.24, 2.45) is 5.92 Å². The summed E-state index contributed by atoms with van der Waals surface area (Å²) in [6.07, 6.45) is 2.24. The maximum Gasteiger partial charge on any atom is 0.274 e. The van der Waals surface area contributed by atoms with Gasteiger partial charge in [-0.2, -0.15) is 4.98 Å². The smallest absolute Gasteiger partial charge is 0.274 e. The fraction of sp³-hybridized carbons (Fsp3) is 0.458. The second kappa shape index (κ2) is 10.3. The second-order valence-corrected chi connectivity index (χ2v) is 10.9. The molecule has 0 unspecified atom stereocenters. The van der Waals surface area contributed by atoms with E-state index in [4.69, 9.17) is 0 Å². The van der Waals surface area contributed by atoms with Crippen molar-refractivity contribution in [2.45, 2.75) is 51.7 Å². The zero-order valence-corrected chi connectivity index (χ0v) is 21.5. The lowest BCUT2D eigenvalue weighted by Crippen LogP contribution is -2.32. The Morgan fingerprint density at radius 1 is 1.18 bits per heavy atom. The first-order chi connectivity index (χ1) is 16.2. The minimum Gasteiger partial charge on any atom is -0.348 e. The highest BCUT2D eigenvalue weighted by molar-refractivity contribution is 7.99. The quantitative estimate of drug-likeness (QED) is 0.288. The molecule has 1 aromatic carbocycles. The highest BCUT2D eigenvalue weighted by atomic mass is 32.2. The molecule has 2 aromatic heterocycles. The van der Waals surface area contributed by atoms with Crippen LogP contribution in [-0.2, 0) is 4.79 Å². The van der Waals surface area contributed by atoms with Gasteiger partial charge in [-0.15, -0.1) is 0 Å². The van der Waals surface area contributed by atoms with Crippen LogP contribution in [0.4, 0.5) is 10.8 Å². The summed E-state index contributed by atoms with van der Waals surface area (Å²) in [4.78, 5) is 48.8. The Morgan fingerprint density at radius 2 is 1.85 bits per heavy atom. The summed E-state index contributed by atoms with van der Waals surface area (Å²) < 4.78 is 2.20. The molecule has 1 N–H and O–H groups in total. The van der Waals surface area contributed by atoms with E-state index in [2.05, 4.69) is 27.1 Å². The lowest BCUT2D eigenvalue weighted by molar-refractivity contribution is -0.113. The zero-order chi connectivity index (χ0) is 24.4. The summed E-state index contributed by atoms with van der Waals surface area (Å²) >= 11 is 2.63. The molecular weight excluding hydrogens is 470 g/mol. The Bertz CT molecular complexity index is 1260. The molecule has 8 nitrogen and oxygen atoms in total. The van der Waals surface area contributed by atoms with Gasteiger partial charge in [0.05, 0.1) is 5.75 Å². The number of carbonyl (C=O) groups excluding carboxylic acids is 2. The van der Waals surface area contributed by atoms with Crippen molar-refractivity contribution >= 4 is 56.0 Å². The summed E-state index contributed by atoms with van der Waals surface area (Å²) in [6, 6.07) is 6.66. The highest BCUT2D eigenvalue weighted by Gasteiger charge is 2.23. The van der Waals surface area contributed by atoms with Crippen LogP contribution >= 0.6 is 23.1 Å². The summed E-state index contributed by atoms with van der Waals surface area (Å²) in [7, 11) is 0. The number of Topliss-reactive ketones (excluding diaryl/α,β-unsaturated/α-hetero) is 1. The summed E-state index contributed by atoms with van der Waals surface area (Å²) in [5.41, 5.74) is 1.54. The average Bonchev–Trinajstić information content (AvgIpc) is 3.23. The number of thioether (sulfide) groups is 1. The number of fused-ring (bicyclic) bond motifs is 1. The van der Waals surface area contributed by atoms with Gasteiger partial charge in [0.25, 0.3) is 5.56 Å². The molecule has 34 heavy (non-hydrogen) atoms. The number of hydrogen-bond acceptors (Lipinski definition) is 8. The van der Waals surface area contributed by atoms with E-state index in [1.807, 2.05) is 13.8 Å². The van der Waals surface area contributed by atoms with Crippen LogP contribution in [0.2, 0.25) is 0 Å². The van der Waals surface area contributed by atoms with Crippen LogP contribution in [-0.4, -0.2) is 45.1 Å². The minimum atomic E-state index is -0.216. The Morgan fingerprint density at radius 3 is 2.47 bits per heavy atom. The van der Waals surface area contributed by atoms with Gasteiger partial charge in [-0.25, -0.2) is 4.98 Å². The van der Waals surface area contributed by atoms with E-state index in [1.54, 1.807) is 28.8 Å². The van der Waals surface area contributed by atoms with Crippen LogP contribution in [0.15, 0.2) is 34.2 Å². The van der Waals surface area contributed by atoms with Gasteiger partial charge in [-0.1, -0.05) is 30.0 Å². The number of hydrogen-bond donors (Lipinski definition) is 1. The van der Waals surface area contributed by atoms with Crippen LogP contribution in [0.5, 0.6) is 0 Å². The molecule has 0 spiro atoms. The van der Waals surface area contributed by atoms with Crippen LogP contribution in [0.3, 0.4) is 0 Å². The number of nitrogens with one attached hydrogen (secondary N) is 1. The molecule has 0 aliphatic carbocycles. The number of thiazole rings is 1. The van der Waals surface area contributed by atoms with Gasteiger partial charge >= 0.3 is 0 Å². The van der Waals surface area contributed by atoms with E-state index in [-0.39, 0.29) is 29.0 Å². The summed E-state index contributed by atoms with van der Waals surface area (Å²) in [5.74, 6) is 0.566. The third-order valence-electron chi connectivity index (χ3n) is 5.90. The highest BCUT2D eigenvalue weighted by Crippen LogP contribution is 2.31. The van der Waals surface area contributed by atoms with E-state index in [0.717, 1.165) is 31.1 Å². The molecular formula is C24H29N5O3S2. The predicted molar refractivity (Wildman–Crippen MR) is 138 cm³/mol. The van der Waals surface area contributed by atoms with E-state index in [0.29, 0.717) is 32.7 Å². The van der Waals surface area contributed by atoms with Crippen LogP contribution in [0.1, 0.15) is 56.9 Å². The fourth-order valence-electron chi connectivity index (χ4n) is 3.86. The van der Waals surface area contributed by atoms with Crippen LogP contribution in [0.25, 0.3) is 10.3 Å². The summed E-state index contributed by atoms with van der Waals surface area (Å²) in [6.45, 7) is 9.51. The number of rotatable bonds is 7. The molecule has 4 rings (SSSR count). The van der Waals surface area contributed by atoms with Gasteiger partial charge in [0.2, 0.25) is 5.91 Å². The molecule has 3 heterocycles. The monoisotopic (exact) mass is 499 g/mol. The molecule has 0 radical (unpaired) electrons. The van der Waals surface area contributed by atoms with Gasteiger partial charge < -0.3 is 10.2 Å². The average molecular weight is 500 g/mol. The summed E-state index contributed by atoms with van der Waals surface area (Å²) in [5, 5.41) is 4.15. The Kier molecular flexibility index (Phi) is 7.37. The van der Waals surface area contributed by atoms with Crippen LogP contribution < -0.4 is 15.8 Å². The van der Waals surface area contributed by atoms with Gasteiger partial charge in [0, 0.05) is 30.4 Å². The topological polar surface area (TPSA) is 97.2 Å². The second-order valence-electron chi connectivity index (χ2n) is 8.95. The number of anilines is 2. The number of carbonyl (C=O) groups is 2. The molecule has 0 bridgehead atoms. The molecule has 1 amide bonds. The SMILES string of the molecule is CC(=O)c1ccc(NC(=O)CSc2nc3nc(N4CCC(C)CC4)sc3c(=O)n2C(C)C)cc1. The first-order valence-corrected chi connectivity index (χ1v) is 13.2. The van der Waals surface area contributed by atoms with Crippen molar-refractivity contribution in [1.82, 2.24) is 14.5 Å². The molecule has 1 fully saturated rings. The number of amides is 1. The molecule has 1 aliphatic heterocycles. The molecule has 3 aromatic rings. The zero-order valence-electron chi connectivity index (χ0n) is 19.8. The van der Waals surface area contributed by atoms with E-state index in [1.165, 1.54) is 30.0 Å². The van der Waals surface area contributed by atoms with Gasteiger partial charge in [-0.05, 0) is 63.8 Å². The minimum absolute atomic E-state index is 0.0263. The third-order valence-corrected chi connectivity index (χ3v) is 7.94.